The van der Waals surface area contributed by atoms with Gasteiger partial charge in [-0.15, -0.1) is 0 Å². The second-order valence-corrected chi connectivity index (χ2v) is 5.93. The number of nitrogens with zero attached hydrogens (tertiary/aromatic N) is 1. The maximum absolute atomic E-state index is 12.5. The smallest absolute Gasteiger partial charge is 0.318 e. The lowest BCUT2D eigenvalue weighted by Crippen LogP contribution is -2.45. The molecule has 2 unspecified atom stereocenters. The van der Waals surface area contributed by atoms with Crippen molar-refractivity contribution in [3.05, 3.63) is 70.7 Å². The molecule has 0 aliphatic rings. The highest BCUT2D eigenvalue weighted by molar-refractivity contribution is 6.30. The van der Waals surface area contributed by atoms with Crippen molar-refractivity contribution in [1.29, 1.82) is 0 Å². The summed E-state index contributed by atoms with van der Waals surface area (Å²) < 4.78 is 0. The molecule has 23 heavy (non-hydrogen) atoms. The molecular formula is C18H21ClN2O2. The summed E-state index contributed by atoms with van der Waals surface area (Å²) in [5, 5.41) is 12.8. The third-order valence-electron chi connectivity index (χ3n) is 3.83. The van der Waals surface area contributed by atoms with Crippen LogP contribution in [0.3, 0.4) is 0 Å². The van der Waals surface area contributed by atoms with Gasteiger partial charge in [-0.2, -0.15) is 0 Å². The number of urea groups is 1. The van der Waals surface area contributed by atoms with E-state index in [0.29, 0.717) is 5.02 Å². The monoisotopic (exact) mass is 332 g/mol. The second-order valence-electron chi connectivity index (χ2n) is 5.49. The molecular weight excluding hydrogens is 312 g/mol. The number of carbonyl (C=O) groups excluding carboxylic acids is 1. The molecule has 0 saturated carbocycles. The fraction of sp³-hybridized carbons (Fsp3) is 0.278. The summed E-state index contributed by atoms with van der Waals surface area (Å²) in [4.78, 5) is 13.9. The van der Waals surface area contributed by atoms with Gasteiger partial charge in [0.1, 0.15) is 0 Å². The standard InChI is InChI=1S/C18H21ClN2O2/c1-13(12-22)21(2)18(23)20-17(14-7-4-3-5-8-14)15-9-6-10-16(19)11-15/h3-11,13,17,22H,12H2,1-2H3,(H,20,23). The summed E-state index contributed by atoms with van der Waals surface area (Å²) in [6.07, 6.45) is 0. The van der Waals surface area contributed by atoms with Gasteiger partial charge in [0.05, 0.1) is 18.7 Å². The number of likely N-dealkylation sites (N-methyl/N-ethyl adjacent to an activating group) is 1. The molecule has 0 bridgehead atoms. The van der Waals surface area contributed by atoms with Crippen molar-refractivity contribution in [2.24, 2.45) is 0 Å². The lowest BCUT2D eigenvalue weighted by atomic mass is 9.99. The Morgan fingerprint density at radius 2 is 1.83 bits per heavy atom. The van der Waals surface area contributed by atoms with Crippen LogP contribution in [0, 0.1) is 0 Å². The van der Waals surface area contributed by atoms with E-state index in [1.165, 1.54) is 4.90 Å². The number of hydrogen-bond donors (Lipinski definition) is 2. The van der Waals surface area contributed by atoms with E-state index in [1.807, 2.05) is 48.5 Å². The molecule has 4 nitrogen and oxygen atoms in total. The molecule has 0 aliphatic heterocycles. The van der Waals surface area contributed by atoms with Crippen molar-refractivity contribution >= 4 is 17.6 Å². The van der Waals surface area contributed by atoms with Crippen molar-refractivity contribution in [1.82, 2.24) is 10.2 Å². The lowest BCUT2D eigenvalue weighted by molar-refractivity contribution is 0.156. The van der Waals surface area contributed by atoms with Crippen molar-refractivity contribution in [2.75, 3.05) is 13.7 Å². The van der Waals surface area contributed by atoms with E-state index in [1.54, 1.807) is 20.0 Å². The van der Waals surface area contributed by atoms with Gasteiger partial charge in [-0.05, 0) is 30.2 Å². The minimum atomic E-state index is -0.309. The average Bonchev–Trinajstić information content (AvgIpc) is 2.58. The topological polar surface area (TPSA) is 52.6 Å². The van der Waals surface area contributed by atoms with Gasteiger partial charge in [0, 0.05) is 12.1 Å². The Morgan fingerprint density at radius 1 is 1.17 bits per heavy atom. The molecule has 0 fully saturated rings. The highest BCUT2D eigenvalue weighted by atomic mass is 35.5. The zero-order valence-electron chi connectivity index (χ0n) is 13.2. The van der Waals surface area contributed by atoms with E-state index >= 15 is 0 Å². The minimum Gasteiger partial charge on any atom is -0.394 e. The molecule has 0 aromatic heterocycles. The van der Waals surface area contributed by atoms with Gasteiger partial charge in [-0.1, -0.05) is 54.1 Å². The summed E-state index contributed by atoms with van der Waals surface area (Å²) in [7, 11) is 1.66. The molecule has 5 heteroatoms. The number of benzene rings is 2. The summed E-state index contributed by atoms with van der Waals surface area (Å²) in [6, 6.07) is 16.3. The number of hydrogen-bond acceptors (Lipinski definition) is 2. The Labute approximate surface area is 141 Å². The van der Waals surface area contributed by atoms with Crippen molar-refractivity contribution in [3.8, 4) is 0 Å². The predicted octanol–water partition coefficient (Wildman–Crippen LogP) is 3.45. The number of carbonyl (C=O) groups is 1. The minimum absolute atomic E-state index is 0.0862. The molecule has 2 amide bonds. The van der Waals surface area contributed by atoms with E-state index in [0.717, 1.165) is 11.1 Å². The van der Waals surface area contributed by atoms with E-state index in [4.69, 9.17) is 11.6 Å². The molecule has 122 valence electrons. The molecule has 0 spiro atoms. The van der Waals surface area contributed by atoms with Gasteiger partial charge in [-0.25, -0.2) is 4.79 Å². The Kier molecular flexibility index (Phi) is 6.02. The number of amides is 2. The van der Waals surface area contributed by atoms with E-state index in [9.17, 15) is 9.90 Å². The van der Waals surface area contributed by atoms with E-state index in [-0.39, 0.29) is 24.7 Å². The first-order valence-electron chi connectivity index (χ1n) is 7.47. The first-order chi connectivity index (χ1) is 11.0. The fourth-order valence-electron chi connectivity index (χ4n) is 2.24. The molecule has 2 aromatic rings. The third kappa shape index (κ3) is 4.47. The number of halogens is 1. The summed E-state index contributed by atoms with van der Waals surface area (Å²) in [5.41, 5.74) is 1.87. The van der Waals surface area contributed by atoms with Gasteiger partial charge >= 0.3 is 6.03 Å². The quantitative estimate of drug-likeness (QED) is 0.881. The van der Waals surface area contributed by atoms with E-state index in [2.05, 4.69) is 5.32 Å². The van der Waals surface area contributed by atoms with Gasteiger partial charge in [0.25, 0.3) is 0 Å². The molecule has 2 rings (SSSR count). The third-order valence-corrected chi connectivity index (χ3v) is 4.06. The Hall–Kier alpha value is -2.04. The van der Waals surface area contributed by atoms with Crippen LogP contribution in [0.25, 0.3) is 0 Å². The summed E-state index contributed by atoms with van der Waals surface area (Å²) in [5.74, 6) is 0. The van der Waals surface area contributed by atoms with Crippen molar-refractivity contribution < 1.29 is 9.90 Å². The van der Waals surface area contributed by atoms with Crippen LogP contribution in [-0.4, -0.2) is 35.7 Å². The van der Waals surface area contributed by atoms with Gasteiger partial charge in [-0.3, -0.25) is 0 Å². The number of aliphatic hydroxyl groups excluding tert-OH is 1. The summed E-state index contributed by atoms with van der Waals surface area (Å²) >= 11 is 6.09. The molecule has 2 atom stereocenters. The van der Waals surface area contributed by atoms with Crippen LogP contribution < -0.4 is 5.32 Å². The summed E-state index contributed by atoms with van der Waals surface area (Å²) in [6.45, 7) is 1.70. The zero-order valence-corrected chi connectivity index (χ0v) is 14.0. The highest BCUT2D eigenvalue weighted by Gasteiger charge is 2.21. The highest BCUT2D eigenvalue weighted by Crippen LogP contribution is 2.24. The number of aliphatic hydroxyl groups is 1. The second kappa shape index (κ2) is 7.99. The van der Waals surface area contributed by atoms with Crippen LogP contribution in [0.5, 0.6) is 0 Å². The van der Waals surface area contributed by atoms with Crippen LogP contribution in [0.1, 0.15) is 24.1 Å². The lowest BCUT2D eigenvalue weighted by Gasteiger charge is -2.27. The number of rotatable bonds is 5. The van der Waals surface area contributed by atoms with E-state index < -0.39 is 0 Å². The van der Waals surface area contributed by atoms with Crippen LogP contribution in [0.4, 0.5) is 4.79 Å². The van der Waals surface area contributed by atoms with Crippen LogP contribution in [0.2, 0.25) is 5.02 Å². The Morgan fingerprint density at radius 3 is 2.43 bits per heavy atom. The molecule has 2 N–H and O–H groups in total. The Balaban J connectivity index is 2.30. The largest absolute Gasteiger partial charge is 0.394 e. The molecule has 2 aromatic carbocycles. The van der Waals surface area contributed by atoms with Crippen LogP contribution in [-0.2, 0) is 0 Å². The predicted molar refractivity (Wildman–Crippen MR) is 92.6 cm³/mol. The first kappa shape index (κ1) is 17.3. The van der Waals surface area contributed by atoms with Gasteiger partial charge in [0.2, 0.25) is 0 Å². The average molecular weight is 333 g/mol. The maximum Gasteiger partial charge on any atom is 0.318 e. The first-order valence-corrected chi connectivity index (χ1v) is 7.85. The normalized spacial score (nSPS) is 13.2. The maximum atomic E-state index is 12.5. The zero-order chi connectivity index (χ0) is 16.8. The SMILES string of the molecule is CC(CO)N(C)C(=O)NC(c1ccccc1)c1cccc(Cl)c1. The van der Waals surface area contributed by atoms with Crippen LogP contribution in [0.15, 0.2) is 54.6 Å². The van der Waals surface area contributed by atoms with Crippen molar-refractivity contribution in [3.63, 3.8) is 0 Å². The molecule has 0 aliphatic carbocycles. The van der Waals surface area contributed by atoms with Gasteiger partial charge in [0.15, 0.2) is 0 Å². The molecule has 0 radical (unpaired) electrons. The molecule has 0 saturated heterocycles. The molecule has 0 heterocycles. The fourth-order valence-corrected chi connectivity index (χ4v) is 2.44. The van der Waals surface area contributed by atoms with Gasteiger partial charge < -0.3 is 15.3 Å². The Bertz CT molecular complexity index is 648. The van der Waals surface area contributed by atoms with Crippen molar-refractivity contribution in [2.45, 2.75) is 19.0 Å². The van der Waals surface area contributed by atoms with Crippen LogP contribution >= 0.6 is 11.6 Å². The number of nitrogens with one attached hydrogen (secondary N) is 1.